The lowest BCUT2D eigenvalue weighted by atomic mass is 10.0. The number of hydrogen-bond donors (Lipinski definition) is 9. The van der Waals surface area contributed by atoms with E-state index in [0.717, 1.165) is 0 Å². The van der Waals surface area contributed by atoms with E-state index in [0.29, 0.717) is 19.4 Å². The molecular weight excluding hydrogens is 494 g/mol. The fourth-order valence-corrected chi connectivity index (χ4v) is 3.09. The molecule has 0 rings (SSSR count). The zero-order chi connectivity index (χ0) is 28.5. The van der Waals surface area contributed by atoms with Crippen LogP contribution >= 0.6 is 0 Å². The van der Waals surface area contributed by atoms with Crippen LogP contribution in [0.5, 0.6) is 0 Å². The van der Waals surface area contributed by atoms with Crippen molar-refractivity contribution < 1.29 is 43.8 Å². The highest BCUT2D eigenvalue weighted by Gasteiger charge is 2.30. The Bertz CT molecular complexity index is 837. The van der Waals surface area contributed by atoms with Gasteiger partial charge in [0.25, 0.3) is 0 Å². The Hall–Kier alpha value is -3.79. The molecule has 16 heteroatoms. The van der Waals surface area contributed by atoms with Gasteiger partial charge < -0.3 is 49.1 Å². The highest BCUT2D eigenvalue weighted by atomic mass is 16.4. The molecular formula is C21H37N7O9. The minimum absolute atomic E-state index is 0.0611. The summed E-state index contributed by atoms with van der Waals surface area (Å²) in [6.07, 6.45) is -0.793. The highest BCUT2D eigenvalue weighted by molar-refractivity contribution is 5.94. The van der Waals surface area contributed by atoms with Crippen LogP contribution in [0.3, 0.4) is 0 Å². The number of rotatable bonds is 20. The molecule has 4 unspecified atom stereocenters. The van der Waals surface area contributed by atoms with E-state index in [1.165, 1.54) is 0 Å². The van der Waals surface area contributed by atoms with Gasteiger partial charge in [-0.15, -0.1) is 0 Å². The number of nitrogens with one attached hydrogen (secondary N) is 3. The topological polar surface area (TPSA) is 300 Å². The van der Waals surface area contributed by atoms with E-state index in [1.807, 2.05) is 0 Å². The van der Waals surface area contributed by atoms with E-state index in [4.69, 9.17) is 28.0 Å². The SMILES string of the molecule is NCCCCC(NC(=O)C(CCC(N)=O)NC(=O)C(N)CCC(=O)O)C(=O)NC(CCC(N)=O)C(=O)O. The number of carbonyl (C=O) groups is 7. The van der Waals surface area contributed by atoms with Crippen molar-refractivity contribution in [2.45, 2.75) is 82.0 Å². The molecule has 0 aliphatic carbocycles. The van der Waals surface area contributed by atoms with Crippen molar-refractivity contribution in [1.29, 1.82) is 0 Å². The second kappa shape index (κ2) is 17.6. The predicted molar refractivity (Wildman–Crippen MR) is 128 cm³/mol. The molecule has 0 aromatic heterocycles. The van der Waals surface area contributed by atoms with Gasteiger partial charge in [-0.1, -0.05) is 0 Å². The fourth-order valence-electron chi connectivity index (χ4n) is 3.09. The molecule has 13 N–H and O–H groups in total. The molecule has 37 heavy (non-hydrogen) atoms. The third-order valence-electron chi connectivity index (χ3n) is 5.19. The molecule has 0 saturated heterocycles. The highest BCUT2D eigenvalue weighted by Crippen LogP contribution is 2.07. The van der Waals surface area contributed by atoms with E-state index >= 15 is 0 Å². The van der Waals surface area contributed by atoms with Crippen LogP contribution in [0, 0.1) is 0 Å². The number of carbonyl (C=O) groups excluding carboxylic acids is 5. The number of primary amides is 2. The molecule has 210 valence electrons. The third kappa shape index (κ3) is 15.0. The van der Waals surface area contributed by atoms with E-state index in [-0.39, 0.29) is 38.5 Å². The maximum atomic E-state index is 13.0. The average Bonchev–Trinajstić information content (AvgIpc) is 2.81. The van der Waals surface area contributed by atoms with E-state index < -0.39 is 72.1 Å². The van der Waals surface area contributed by atoms with Crippen LogP contribution in [-0.2, 0) is 33.6 Å². The number of unbranched alkanes of at least 4 members (excludes halogenated alkanes) is 1. The van der Waals surface area contributed by atoms with Crippen LogP contribution in [0.15, 0.2) is 0 Å². The van der Waals surface area contributed by atoms with Crippen LogP contribution in [0.2, 0.25) is 0 Å². The lowest BCUT2D eigenvalue weighted by Gasteiger charge is -2.25. The van der Waals surface area contributed by atoms with Gasteiger partial charge in [0, 0.05) is 19.3 Å². The second-order valence-corrected chi connectivity index (χ2v) is 8.36. The number of aliphatic carboxylic acids is 2. The van der Waals surface area contributed by atoms with Gasteiger partial charge in [-0.05, 0) is 45.1 Å². The molecule has 5 amide bonds. The monoisotopic (exact) mass is 531 g/mol. The number of carboxylic acid groups (broad SMARTS) is 2. The largest absolute Gasteiger partial charge is 0.481 e. The summed E-state index contributed by atoms with van der Waals surface area (Å²) >= 11 is 0. The second-order valence-electron chi connectivity index (χ2n) is 8.36. The predicted octanol–water partition coefficient (Wildman–Crippen LogP) is -3.62. The zero-order valence-corrected chi connectivity index (χ0v) is 20.4. The van der Waals surface area contributed by atoms with Crippen molar-refractivity contribution in [3.8, 4) is 0 Å². The molecule has 0 aliphatic rings. The quantitative estimate of drug-likeness (QED) is 0.0690. The van der Waals surface area contributed by atoms with Gasteiger partial charge in [0.1, 0.15) is 18.1 Å². The first-order chi connectivity index (χ1) is 17.3. The number of carboxylic acids is 2. The Labute approximate surface area is 213 Å². The number of amides is 5. The van der Waals surface area contributed by atoms with E-state index in [9.17, 15) is 38.7 Å². The van der Waals surface area contributed by atoms with Gasteiger partial charge in [-0.2, -0.15) is 0 Å². The number of nitrogens with two attached hydrogens (primary N) is 4. The summed E-state index contributed by atoms with van der Waals surface area (Å²) in [6, 6.07) is -5.31. The standard InChI is InChI=1S/C21H37N7O9/c22-10-2-1-3-12(19(34)28-14(21(36)37)6-8-16(25)30)27-20(35)13(5-7-15(24)29)26-18(33)11(23)4-9-17(31)32/h11-14H,1-10,22-23H2,(H2,24,29)(H2,25,30)(H,26,33)(H,27,35)(H,28,34)(H,31,32)(H,36,37). The minimum Gasteiger partial charge on any atom is -0.481 e. The molecule has 0 aliphatic heterocycles. The van der Waals surface area contributed by atoms with Crippen molar-refractivity contribution >= 4 is 41.5 Å². The van der Waals surface area contributed by atoms with Crippen molar-refractivity contribution in [2.75, 3.05) is 6.54 Å². The third-order valence-corrected chi connectivity index (χ3v) is 5.19. The Morgan fingerprint density at radius 1 is 0.622 bits per heavy atom. The molecule has 0 radical (unpaired) electrons. The van der Waals surface area contributed by atoms with Crippen LogP contribution in [0.1, 0.15) is 57.8 Å². The molecule has 16 nitrogen and oxygen atoms in total. The van der Waals surface area contributed by atoms with Crippen molar-refractivity contribution in [3.05, 3.63) is 0 Å². The average molecular weight is 532 g/mol. The molecule has 0 heterocycles. The smallest absolute Gasteiger partial charge is 0.326 e. The molecule has 0 bridgehead atoms. The van der Waals surface area contributed by atoms with Crippen molar-refractivity contribution in [2.24, 2.45) is 22.9 Å². The normalized spacial score (nSPS) is 13.9. The van der Waals surface area contributed by atoms with E-state index in [1.54, 1.807) is 0 Å². The van der Waals surface area contributed by atoms with Gasteiger partial charge >= 0.3 is 11.9 Å². The Balaban J connectivity index is 5.58. The molecule has 4 atom stereocenters. The van der Waals surface area contributed by atoms with Gasteiger partial charge in [0.2, 0.25) is 29.5 Å². The summed E-state index contributed by atoms with van der Waals surface area (Å²) in [5.74, 6) is -6.71. The molecule has 0 saturated carbocycles. The Morgan fingerprint density at radius 2 is 1.08 bits per heavy atom. The van der Waals surface area contributed by atoms with Crippen LogP contribution < -0.4 is 38.9 Å². The summed E-state index contributed by atoms with van der Waals surface area (Å²) in [5, 5.41) is 25.1. The molecule has 0 aromatic rings. The first-order valence-electron chi connectivity index (χ1n) is 11.7. The van der Waals surface area contributed by atoms with Gasteiger partial charge in [0.05, 0.1) is 6.04 Å². The maximum Gasteiger partial charge on any atom is 0.326 e. The van der Waals surface area contributed by atoms with E-state index in [2.05, 4.69) is 16.0 Å². The van der Waals surface area contributed by atoms with Crippen molar-refractivity contribution in [1.82, 2.24) is 16.0 Å². The lowest BCUT2D eigenvalue weighted by Crippen LogP contribution is -2.57. The van der Waals surface area contributed by atoms with Gasteiger partial charge in [-0.3, -0.25) is 28.8 Å². The fraction of sp³-hybridized carbons (Fsp3) is 0.667. The number of hydrogen-bond acceptors (Lipinski definition) is 9. The summed E-state index contributed by atoms with van der Waals surface area (Å²) in [5.41, 5.74) is 21.3. The first kappa shape index (κ1) is 33.2. The van der Waals surface area contributed by atoms with Crippen molar-refractivity contribution in [3.63, 3.8) is 0 Å². The summed E-state index contributed by atoms with van der Waals surface area (Å²) in [6.45, 7) is 0.296. The van der Waals surface area contributed by atoms with Crippen LogP contribution in [0.25, 0.3) is 0 Å². The first-order valence-corrected chi connectivity index (χ1v) is 11.7. The van der Waals surface area contributed by atoms with Gasteiger partial charge in [-0.25, -0.2) is 4.79 Å². The van der Waals surface area contributed by atoms with Gasteiger partial charge in [0.15, 0.2) is 0 Å². The molecule has 0 aromatic carbocycles. The molecule has 0 spiro atoms. The maximum absolute atomic E-state index is 13.0. The summed E-state index contributed by atoms with van der Waals surface area (Å²) < 4.78 is 0. The summed E-state index contributed by atoms with van der Waals surface area (Å²) in [4.78, 5) is 82.6. The van der Waals surface area contributed by atoms with Crippen LogP contribution in [-0.4, -0.2) is 82.4 Å². The zero-order valence-electron chi connectivity index (χ0n) is 20.4. The summed E-state index contributed by atoms with van der Waals surface area (Å²) in [7, 11) is 0. The minimum atomic E-state index is -1.45. The van der Waals surface area contributed by atoms with Crippen LogP contribution in [0.4, 0.5) is 0 Å². The Morgan fingerprint density at radius 3 is 1.54 bits per heavy atom. The lowest BCUT2D eigenvalue weighted by molar-refractivity contribution is -0.142. The Kier molecular flexibility index (Phi) is 15.8. The molecule has 0 fully saturated rings.